The molecular weight excluding hydrogens is 332 g/mol. The lowest BCUT2D eigenvalue weighted by Gasteiger charge is -2.36. The smallest absolute Gasteiger partial charge is 0.143 e. The molecule has 3 aromatic carbocycles. The zero-order valence-corrected chi connectivity index (χ0v) is 16.0. The zero-order chi connectivity index (χ0) is 18.8. The number of benzene rings is 3. The summed E-state index contributed by atoms with van der Waals surface area (Å²) in [5, 5.41) is 0. The van der Waals surface area contributed by atoms with Crippen LogP contribution >= 0.6 is 0 Å². The van der Waals surface area contributed by atoms with Crippen LogP contribution in [0.15, 0.2) is 91.0 Å². The van der Waals surface area contributed by atoms with Crippen molar-refractivity contribution in [2.75, 3.05) is 19.8 Å². The van der Waals surface area contributed by atoms with Gasteiger partial charge in [0, 0.05) is 6.61 Å². The van der Waals surface area contributed by atoms with Gasteiger partial charge in [-0.2, -0.15) is 0 Å². The third kappa shape index (κ3) is 4.65. The van der Waals surface area contributed by atoms with Crippen LogP contribution in [-0.4, -0.2) is 19.8 Å². The van der Waals surface area contributed by atoms with Gasteiger partial charge in [0.1, 0.15) is 5.60 Å². The predicted octanol–water partition coefficient (Wildman–Crippen LogP) is 5.81. The summed E-state index contributed by atoms with van der Waals surface area (Å²) in [6.07, 6.45) is 2.23. The Labute approximate surface area is 162 Å². The van der Waals surface area contributed by atoms with Gasteiger partial charge < -0.3 is 9.47 Å². The highest BCUT2D eigenvalue weighted by Crippen LogP contribution is 2.40. The molecule has 0 saturated heterocycles. The molecule has 0 unspecified atom stereocenters. The lowest BCUT2D eigenvalue weighted by atomic mass is 9.80. The predicted molar refractivity (Wildman–Crippen MR) is 111 cm³/mol. The monoisotopic (exact) mass is 360 g/mol. The van der Waals surface area contributed by atoms with Gasteiger partial charge in [-0.3, -0.25) is 0 Å². The van der Waals surface area contributed by atoms with Crippen LogP contribution in [0.25, 0.3) is 0 Å². The van der Waals surface area contributed by atoms with E-state index in [-0.39, 0.29) is 0 Å². The summed E-state index contributed by atoms with van der Waals surface area (Å²) in [4.78, 5) is 0. The second-order valence-corrected chi connectivity index (χ2v) is 6.59. The molecule has 0 aliphatic carbocycles. The number of hydrogen-bond acceptors (Lipinski definition) is 2. The fourth-order valence-corrected chi connectivity index (χ4v) is 3.37. The van der Waals surface area contributed by atoms with Gasteiger partial charge in [-0.05, 0) is 23.1 Å². The minimum atomic E-state index is -0.655. The maximum Gasteiger partial charge on any atom is 0.143 e. The first-order valence-corrected chi connectivity index (χ1v) is 9.76. The van der Waals surface area contributed by atoms with Gasteiger partial charge in [0.2, 0.25) is 0 Å². The van der Waals surface area contributed by atoms with Crippen LogP contribution in [0, 0.1) is 0 Å². The van der Waals surface area contributed by atoms with Gasteiger partial charge in [0.15, 0.2) is 0 Å². The van der Waals surface area contributed by atoms with Crippen molar-refractivity contribution in [2.45, 2.75) is 25.4 Å². The van der Waals surface area contributed by atoms with Crippen LogP contribution in [0.4, 0.5) is 0 Å². The van der Waals surface area contributed by atoms with Crippen LogP contribution in [-0.2, 0) is 15.1 Å². The summed E-state index contributed by atoms with van der Waals surface area (Å²) in [6.45, 7) is 4.08. The van der Waals surface area contributed by atoms with Crippen LogP contribution in [0.3, 0.4) is 0 Å². The lowest BCUT2D eigenvalue weighted by molar-refractivity contribution is -0.0240. The Morgan fingerprint density at radius 1 is 0.593 bits per heavy atom. The van der Waals surface area contributed by atoms with Crippen molar-refractivity contribution in [1.29, 1.82) is 0 Å². The minimum Gasteiger partial charge on any atom is -0.379 e. The highest BCUT2D eigenvalue weighted by molar-refractivity contribution is 5.47. The van der Waals surface area contributed by atoms with Crippen LogP contribution in [0.5, 0.6) is 0 Å². The van der Waals surface area contributed by atoms with Crippen molar-refractivity contribution in [3.8, 4) is 0 Å². The molecule has 27 heavy (non-hydrogen) atoms. The largest absolute Gasteiger partial charge is 0.379 e. The van der Waals surface area contributed by atoms with E-state index in [1.807, 2.05) is 18.2 Å². The van der Waals surface area contributed by atoms with Crippen molar-refractivity contribution in [3.05, 3.63) is 108 Å². The Bertz CT molecular complexity index is 673. The van der Waals surface area contributed by atoms with E-state index in [0.29, 0.717) is 13.2 Å². The van der Waals surface area contributed by atoms with Crippen LogP contribution in [0.1, 0.15) is 36.5 Å². The molecule has 3 aromatic rings. The van der Waals surface area contributed by atoms with Gasteiger partial charge in [0.05, 0.1) is 13.2 Å². The van der Waals surface area contributed by atoms with Gasteiger partial charge >= 0.3 is 0 Å². The first-order valence-electron chi connectivity index (χ1n) is 9.76. The number of hydrogen-bond donors (Lipinski definition) is 0. The van der Waals surface area contributed by atoms with Crippen molar-refractivity contribution in [2.24, 2.45) is 0 Å². The summed E-state index contributed by atoms with van der Waals surface area (Å²) >= 11 is 0. The van der Waals surface area contributed by atoms with Crippen molar-refractivity contribution < 1.29 is 9.47 Å². The topological polar surface area (TPSA) is 18.5 Å². The molecule has 2 nitrogen and oxygen atoms in total. The van der Waals surface area contributed by atoms with Gasteiger partial charge in [-0.15, -0.1) is 0 Å². The Balaban J connectivity index is 1.98. The molecule has 0 saturated carbocycles. The first-order chi connectivity index (χ1) is 13.4. The highest BCUT2D eigenvalue weighted by atomic mass is 16.5. The Morgan fingerprint density at radius 2 is 1.04 bits per heavy atom. The Hall–Kier alpha value is -2.42. The Morgan fingerprint density at radius 3 is 1.44 bits per heavy atom. The van der Waals surface area contributed by atoms with E-state index in [1.165, 1.54) is 0 Å². The summed E-state index contributed by atoms with van der Waals surface area (Å²) < 4.78 is 12.4. The van der Waals surface area contributed by atoms with Gasteiger partial charge in [0.25, 0.3) is 0 Å². The lowest BCUT2D eigenvalue weighted by Crippen LogP contribution is -2.34. The molecule has 0 aromatic heterocycles. The molecular formula is C25H28O2. The summed E-state index contributed by atoms with van der Waals surface area (Å²) in [6, 6.07) is 31.3. The first kappa shape index (κ1) is 19.3. The molecule has 0 aliphatic heterocycles. The average molecular weight is 360 g/mol. The molecule has 0 bridgehead atoms. The second kappa shape index (κ2) is 10.1. The second-order valence-electron chi connectivity index (χ2n) is 6.59. The number of unbranched alkanes of at least 4 members (excludes halogenated alkanes) is 1. The number of ether oxygens (including phenoxy) is 2. The quantitative estimate of drug-likeness (QED) is 0.335. The van der Waals surface area contributed by atoms with E-state index in [1.54, 1.807) is 0 Å². The number of rotatable bonds is 10. The SMILES string of the molecule is CCCCOCCOC(c1ccccc1)(c1ccccc1)c1ccccc1. The molecule has 140 valence electrons. The van der Waals surface area contributed by atoms with E-state index in [2.05, 4.69) is 79.7 Å². The summed E-state index contributed by atoms with van der Waals surface area (Å²) in [5.74, 6) is 0. The maximum atomic E-state index is 6.64. The highest BCUT2D eigenvalue weighted by Gasteiger charge is 2.37. The van der Waals surface area contributed by atoms with E-state index in [9.17, 15) is 0 Å². The van der Waals surface area contributed by atoms with Crippen molar-refractivity contribution in [3.63, 3.8) is 0 Å². The standard InChI is InChI=1S/C25H28O2/c1-2-3-19-26-20-21-27-25(22-13-7-4-8-14-22,23-15-9-5-10-16-23)24-17-11-6-12-18-24/h4-18H,2-3,19-21H2,1H3. The third-order valence-corrected chi connectivity index (χ3v) is 4.73. The molecule has 0 amide bonds. The average Bonchev–Trinajstić information content (AvgIpc) is 2.75. The molecule has 0 aliphatic rings. The van der Waals surface area contributed by atoms with E-state index in [0.717, 1.165) is 36.1 Å². The van der Waals surface area contributed by atoms with Crippen LogP contribution in [0.2, 0.25) is 0 Å². The Kier molecular flexibility index (Phi) is 7.20. The minimum absolute atomic E-state index is 0.530. The van der Waals surface area contributed by atoms with Crippen molar-refractivity contribution in [1.82, 2.24) is 0 Å². The fourth-order valence-electron chi connectivity index (χ4n) is 3.37. The molecule has 0 atom stereocenters. The molecule has 3 rings (SSSR count). The van der Waals surface area contributed by atoms with Gasteiger partial charge in [-0.1, -0.05) is 104 Å². The maximum absolute atomic E-state index is 6.64. The van der Waals surface area contributed by atoms with Crippen molar-refractivity contribution >= 4 is 0 Å². The molecule has 2 heteroatoms. The molecule has 0 spiro atoms. The zero-order valence-electron chi connectivity index (χ0n) is 16.0. The third-order valence-electron chi connectivity index (χ3n) is 4.73. The molecule has 0 heterocycles. The normalized spacial score (nSPS) is 11.4. The fraction of sp³-hybridized carbons (Fsp3) is 0.280. The van der Waals surface area contributed by atoms with Crippen LogP contribution < -0.4 is 0 Å². The molecule has 0 fully saturated rings. The van der Waals surface area contributed by atoms with Gasteiger partial charge in [-0.25, -0.2) is 0 Å². The molecule has 0 N–H and O–H groups in total. The summed E-state index contributed by atoms with van der Waals surface area (Å²) in [5.41, 5.74) is 2.71. The van der Waals surface area contributed by atoms with E-state index >= 15 is 0 Å². The summed E-state index contributed by atoms with van der Waals surface area (Å²) in [7, 11) is 0. The van der Waals surface area contributed by atoms with E-state index < -0.39 is 5.60 Å². The van der Waals surface area contributed by atoms with E-state index in [4.69, 9.17) is 9.47 Å². The molecule has 0 radical (unpaired) electrons.